The average molecular weight is 394 g/mol. The summed E-state index contributed by atoms with van der Waals surface area (Å²) in [7, 11) is 0. The van der Waals surface area contributed by atoms with Gasteiger partial charge in [-0.2, -0.15) is 0 Å². The van der Waals surface area contributed by atoms with Gasteiger partial charge < -0.3 is 10.2 Å². The van der Waals surface area contributed by atoms with E-state index in [9.17, 15) is 9.59 Å². The number of amides is 2. The second kappa shape index (κ2) is 9.70. The molecular formula is C24H31N3O2. The van der Waals surface area contributed by atoms with Gasteiger partial charge in [-0.1, -0.05) is 62.4 Å². The predicted molar refractivity (Wildman–Crippen MR) is 116 cm³/mol. The third-order valence-corrected chi connectivity index (χ3v) is 5.54. The van der Waals surface area contributed by atoms with Gasteiger partial charge in [-0.3, -0.25) is 14.5 Å². The Labute approximate surface area is 173 Å². The number of carbonyl (C=O) groups excluding carboxylic acids is 2. The maximum atomic E-state index is 13.1. The van der Waals surface area contributed by atoms with E-state index >= 15 is 0 Å². The molecule has 1 fully saturated rings. The van der Waals surface area contributed by atoms with E-state index in [1.54, 1.807) is 6.07 Å². The number of benzene rings is 2. The molecule has 154 valence electrons. The van der Waals surface area contributed by atoms with Crippen molar-refractivity contribution in [3.05, 3.63) is 71.3 Å². The molecule has 0 aliphatic carbocycles. The van der Waals surface area contributed by atoms with Crippen LogP contribution >= 0.6 is 0 Å². The van der Waals surface area contributed by atoms with Crippen LogP contribution in [0, 0.1) is 12.8 Å². The van der Waals surface area contributed by atoms with E-state index in [2.05, 4.69) is 34.5 Å². The summed E-state index contributed by atoms with van der Waals surface area (Å²) in [5.74, 6) is -0.142. The molecule has 1 aliphatic rings. The Balaban J connectivity index is 1.58. The summed E-state index contributed by atoms with van der Waals surface area (Å²) >= 11 is 0. The summed E-state index contributed by atoms with van der Waals surface area (Å²) in [5.41, 5.74) is 2.82. The smallest absolute Gasteiger partial charge is 0.252 e. The summed E-state index contributed by atoms with van der Waals surface area (Å²) in [6.07, 6.45) is 0. The summed E-state index contributed by atoms with van der Waals surface area (Å²) in [5, 5.41) is 2.98. The van der Waals surface area contributed by atoms with Crippen molar-refractivity contribution in [2.45, 2.75) is 33.4 Å². The quantitative estimate of drug-likeness (QED) is 0.821. The van der Waals surface area contributed by atoms with Gasteiger partial charge >= 0.3 is 0 Å². The zero-order valence-electron chi connectivity index (χ0n) is 17.6. The lowest BCUT2D eigenvalue weighted by Crippen LogP contribution is -2.56. The van der Waals surface area contributed by atoms with Gasteiger partial charge in [-0.05, 0) is 30.0 Å². The van der Waals surface area contributed by atoms with Crippen molar-refractivity contribution < 1.29 is 9.59 Å². The van der Waals surface area contributed by atoms with Crippen molar-refractivity contribution in [3.8, 4) is 0 Å². The molecule has 0 bridgehead atoms. The van der Waals surface area contributed by atoms with E-state index < -0.39 is 6.04 Å². The zero-order chi connectivity index (χ0) is 20.8. The molecule has 1 saturated heterocycles. The molecule has 0 saturated carbocycles. The molecule has 5 nitrogen and oxygen atoms in total. The summed E-state index contributed by atoms with van der Waals surface area (Å²) < 4.78 is 0. The van der Waals surface area contributed by atoms with E-state index in [0.29, 0.717) is 18.7 Å². The fraction of sp³-hybridized carbons (Fsp3) is 0.417. The number of nitrogens with one attached hydrogen (secondary N) is 1. The van der Waals surface area contributed by atoms with E-state index in [0.717, 1.165) is 25.2 Å². The number of rotatable bonds is 6. The lowest BCUT2D eigenvalue weighted by Gasteiger charge is -2.37. The van der Waals surface area contributed by atoms with Gasteiger partial charge in [-0.15, -0.1) is 0 Å². The van der Waals surface area contributed by atoms with Crippen LogP contribution in [-0.4, -0.2) is 53.8 Å². The van der Waals surface area contributed by atoms with E-state index in [-0.39, 0.29) is 17.7 Å². The lowest BCUT2D eigenvalue weighted by atomic mass is 10.0. The Morgan fingerprint density at radius 2 is 1.55 bits per heavy atom. The van der Waals surface area contributed by atoms with E-state index in [1.165, 1.54) is 5.56 Å². The van der Waals surface area contributed by atoms with Crippen molar-refractivity contribution in [1.29, 1.82) is 0 Å². The fourth-order valence-electron chi connectivity index (χ4n) is 3.72. The molecule has 1 N–H and O–H groups in total. The Morgan fingerprint density at radius 3 is 2.17 bits per heavy atom. The van der Waals surface area contributed by atoms with Crippen LogP contribution in [0.25, 0.3) is 0 Å². The molecule has 0 radical (unpaired) electrons. The van der Waals surface area contributed by atoms with Crippen LogP contribution in [0.2, 0.25) is 0 Å². The second-order valence-electron chi connectivity index (χ2n) is 8.10. The topological polar surface area (TPSA) is 52.7 Å². The highest BCUT2D eigenvalue weighted by molar-refractivity contribution is 5.98. The van der Waals surface area contributed by atoms with Gasteiger partial charge in [0.25, 0.3) is 5.91 Å². The molecule has 5 heteroatoms. The molecule has 1 heterocycles. The van der Waals surface area contributed by atoms with Crippen LogP contribution in [0.15, 0.2) is 54.6 Å². The number of hydrogen-bond donors (Lipinski definition) is 1. The molecule has 1 unspecified atom stereocenters. The maximum absolute atomic E-state index is 13.1. The van der Waals surface area contributed by atoms with Crippen LogP contribution in [-0.2, 0) is 11.3 Å². The standard InChI is InChI=1S/C24H31N3O2/c1-18(2)22(25-23(28)21-12-8-7-9-19(21)3)24(29)27-15-13-26(14-16-27)17-20-10-5-4-6-11-20/h4-12,18,22H,13-17H2,1-3H3,(H,25,28). The molecule has 0 aromatic heterocycles. The third kappa shape index (κ3) is 5.45. The van der Waals surface area contributed by atoms with Crippen LogP contribution in [0.3, 0.4) is 0 Å². The number of piperazine rings is 1. The van der Waals surface area contributed by atoms with Crippen molar-refractivity contribution in [3.63, 3.8) is 0 Å². The molecule has 0 spiro atoms. The molecule has 3 rings (SSSR count). The second-order valence-corrected chi connectivity index (χ2v) is 8.10. The van der Waals surface area contributed by atoms with Gasteiger partial charge in [0.15, 0.2) is 0 Å². The Hall–Kier alpha value is -2.66. The molecular weight excluding hydrogens is 362 g/mol. The predicted octanol–water partition coefficient (Wildman–Crippen LogP) is 3.09. The first-order chi connectivity index (χ1) is 14.0. The van der Waals surface area contributed by atoms with Crippen LogP contribution in [0.5, 0.6) is 0 Å². The SMILES string of the molecule is Cc1ccccc1C(=O)NC(C(=O)N1CCN(Cc2ccccc2)CC1)C(C)C. The van der Waals surface area contributed by atoms with Crippen molar-refractivity contribution in [2.24, 2.45) is 5.92 Å². The minimum absolute atomic E-state index is 0.0151. The summed E-state index contributed by atoms with van der Waals surface area (Å²) in [6.45, 7) is 9.84. The molecule has 1 atom stereocenters. The average Bonchev–Trinajstić information content (AvgIpc) is 2.73. The normalized spacial score (nSPS) is 15.9. The molecule has 2 aromatic rings. The number of hydrogen-bond acceptors (Lipinski definition) is 3. The van der Waals surface area contributed by atoms with Gasteiger partial charge in [0.1, 0.15) is 6.04 Å². The zero-order valence-corrected chi connectivity index (χ0v) is 17.6. The minimum atomic E-state index is -0.511. The molecule has 29 heavy (non-hydrogen) atoms. The molecule has 2 aromatic carbocycles. The number of nitrogens with zero attached hydrogens (tertiary/aromatic N) is 2. The van der Waals surface area contributed by atoms with Crippen molar-refractivity contribution in [1.82, 2.24) is 15.1 Å². The first-order valence-corrected chi connectivity index (χ1v) is 10.4. The van der Waals surface area contributed by atoms with E-state index in [1.807, 2.05) is 49.9 Å². The first-order valence-electron chi connectivity index (χ1n) is 10.4. The van der Waals surface area contributed by atoms with Crippen LogP contribution in [0.1, 0.15) is 35.3 Å². The van der Waals surface area contributed by atoms with Crippen molar-refractivity contribution >= 4 is 11.8 Å². The van der Waals surface area contributed by atoms with Crippen LogP contribution in [0.4, 0.5) is 0 Å². The third-order valence-electron chi connectivity index (χ3n) is 5.54. The highest BCUT2D eigenvalue weighted by Crippen LogP contribution is 2.14. The van der Waals surface area contributed by atoms with Gasteiger partial charge in [0.2, 0.25) is 5.91 Å². The highest BCUT2D eigenvalue weighted by Gasteiger charge is 2.31. The number of aryl methyl sites for hydroxylation is 1. The van der Waals surface area contributed by atoms with E-state index in [4.69, 9.17) is 0 Å². The fourth-order valence-corrected chi connectivity index (χ4v) is 3.72. The minimum Gasteiger partial charge on any atom is -0.340 e. The largest absolute Gasteiger partial charge is 0.340 e. The van der Waals surface area contributed by atoms with Gasteiger partial charge in [0.05, 0.1) is 0 Å². The van der Waals surface area contributed by atoms with Gasteiger partial charge in [-0.25, -0.2) is 0 Å². The lowest BCUT2D eigenvalue weighted by molar-refractivity contribution is -0.136. The Kier molecular flexibility index (Phi) is 7.04. The Morgan fingerprint density at radius 1 is 0.931 bits per heavy atom. The molecule has 2 amide bonds. The first kappa shape index (κ1) is 21.1. The Bertz CT molecular complexity index is 827. The summed E-state index contributed by atoms with van der Waals surface area (Å²) in [6, 6.07) is 17.4. The van der Waals surface area contributed by atoms with Crippen molar-refractivity contribution in [2.75, 3.05) is 26.2 Å². The summed E-state index contributed by atoms with van der Waals surface area (Å²) in [4.78, 5) is 30.1. The van der Waals surface area contributed by atoms with Gasteiger partial charge in [0, 0.05) is 38.3 Å². The van der Waals surface area contributed by atoms with Crippen LogP contribution < -0.4 is 5.32 Å². The monoisotopic (exact) mass is 393 g/mol. The number of carbonyl (C=O) groups is 2. The highest BCUT2D eigenvalue weighted by atomic mass is 16.2. The maximum Gasteiger partial charge on any atom is 0.252 e. The molecule has 1 aliphatic heterocycles.